The van der Waals surface area contributed by atoms with Gasteiger partial charge in [-0.05, 0) is 63.1 Å². The van der Waals surface area contributed by atoms with Gasteiger partial charge in [0, 0.05) is 0 Å². The Morgan fingerprint density at radius 2 is 1.55 bits per heavy atom. The maximum atomic E-state index is 12.9. The molecule has 0 spiro atoms. The standard InChI is InChI=1S/C22H21N7OS/c1-13-10-14(2)12-18(11-13)25-26-19-15(3)28-29(21(19)30)22-23-16(4)20(31-22)27-24-17-8-6-5-7-9-17/h5-12,28H,1-4H3. The number of hydrogen-bond acceptors (Lipinski definition) is 7. The number of H-pyrrole nitrogens is 1. The van der Waals surface area contributed by atoms with Gasteiger partial charge in [0.1, 0.15) is 0 Å². The number of nitrogens with zero attached hydrogens (tertiary/aromatic N) is 6. The second-order valence-corrected chi connectivity index (χ2v) is 8.15. The fourth-order valence-electron chi connectivity index (χ4n) is 3.07. The normalized spacial score (nSPS) is 11.7. The first-order chi connectivity index (χ1) is 14.9. The molecule has 4 aromatic rings. The number of aromatic amines is 1. The molecule has 8 nitrogen and oxygen atoms in total. The van der Waals surface area contributed by atoms with Crippen molar-refractivity contribution >= 4 is 33.4 Å². The van der Waals surface area contributed by atoms with Crippen molar-refractivity contribution in [2.24, 2.45) is 20.5 Å². The molecule has 0 radical (unpaired) electrons. The predicted molar refractivity (Wildman–Crippen MR) is 122 cm³/mol. The van der Waals surface area contributed by atoms with Crippen LogP contribution in [0, 0.1) is 27.7 Å². The van der Waals surface area contributed by atoms with Gasteiger partial charge in [-0.3, -0.25) is 9.89 Å². The van der Waals surface area contributed by atoms with Gasteiger partial charge in [-0.25, -0.2) is 4.98 Å². The van der Waals surface area contributed by atoms with E-state index in [9.17, 15) is 4.79 Å². The molecule has 0 unspecified atom stereocenters. The number of thiazole rings is 1. The van der Waals surface area contributed by atoms with Crippen LogP contribution in [0.1, 0.15) is 22.5 Å². The molecule has 156 valence electrons. The highest BCUT2D eigenvalue weighted by molar-refractivity contribution is 7.17. The predicted octanol–water partition coefficient (Wildman–Crippen LogP) is 6.69. The number of nitrogens with one attached hydrogen (secondary N) is 1. The molecule has 0 fully saturated rings. The van der Waals surface area contributed by atoms with E-state index in [1.807, 2.05) is 63.2 Å². The van der Waals surface area contributed by atoms with Crippen LogP contribution >= 0.6 is 11.3 Å². The average molecular weight is 432 g/mol. The highest BCUT2D eigenvalue weighted by Gasteiger charge is 2.16. The lowest BCUT2D eigenvalue weighted by molar-refractivity contribution is 0.823. The van der Waals surface area contributed by atoms with E-state index in [0.29, 0.717) is 27.2 Å². The van der Waals surface area contributed by atoms with Crippen molar-refractivity contribution < 1.29 is 0 Å². The van der Waals surface area contributed by atoms with E-state index < -0.39 is 0 Å². The molecule has 0 bridgehead atoms. The number of aromatic nitrogens is 3. The number of azo groups is 2. The molecular weight excluding hydrogens is 410 g/mol. The zero-order valence-corrected chi connectivity index (χ0v) is 18.4. The molecule has 2 aromatic heterocycles. The van der Waals surface area contributed by atoms with Gasteiger partial charge in [0.25, 0.3) is 0 Å². The Bertz CT molecular complexity index is 1330. The first-order valence-corrected chi connectivity index (χ1v) is 10.5. The van der Waals surface area contributed by atoms with Gasteiger partial charge < -0.3 is 0 Å². The summed E-state index contributed by atoms with van der Waals surface area (Å²) in [7, 11) is 0. The van der Waals surface area contributed by atoms with Gasteiger partial charge in [-0.15, -0.1) is 15.3 Å². The highest BCUT2D eigenvalue weighted by Crippen LogP contribution is 2.31. The topological polar surface area (TPSA) is 100 Å². The third kappa shape index (κ3) is 4.56. The summed E-state index contributed by atoms with van der Waals surface area (Å²) in [5, 5.41) is 21.1. The van der Waals surface area contributed by atoms with Crippen molar-refractivity contribution in [3.05, 3.63) is 81.4 Å². The third-order valence-electron chi connectivity index (χ3n) is 4.48. The molecule has 0 saturated heterocycles. The minimum absolute atomic E-state index is 0.250. The van der Waals surface area contributed by atoms with E-state index in [4.69, 9.17) is 0 Å². The van der Waals surface area contributed by atoms with Crippen LogP contribution in [-0.2, 0) is 0 Å². The monoisotopic (exact) mass is 431 g/mol. The molecule has 2 heterocycles. The fourth-order valence-corrected chi connectivity index (χ4v) is 3.92. The Balaban J connectivity index is 1.64. The van der Waals surface area contributed by atoms with E-state index in [1.165, 1.54) is 16.0 Å². The van der Waals surface area contributed by atoms with Gasteiger partial charge in [-0.2, -0.15) is 9.80 Å². The van der Waals surface area contributed by atoms with Crippen molar-refractivity contribution in [1.29, 1.82) is 0 Å². The molecule has 4 rings (SSSR count). The summed E-state index contributed by atoms with van der Waals surface area (Å²) in [6.07, 6.45) is 0. The Morgan fingerprint density at radius 1 is 0.871 bits per heavy atom. The van der Waals surface area contributed by atoms with E-state index >= 15 is 0 Å². The van der Waals surface area contributed by atoms with Crippen molar-refractivity contribution in [2.75, 3.05) is 0 Å². The number of aryl methyl sites for hydroxylation is 4. The molecule has 0 aliphatic heterocycles. The smallest absolute Gasteiger partial charge is 0.291 e. The van der Waals surface area contributed by atoms with Crippen molar-refractivity contribution in [1.82, 2.24) is 14.8 Å². The maximum Gasteiger partial charge on any atom is 0.301 e. The Kier molecular flexibility index (Phi) is 5.68. The van der Waals surface area contributed by atoms with Gasteiger partial charge in [0.05, 0.1) is 22.8 Å². The van der Waals surface area contributed by atoms with Crippen molar-refractivity contribution in [3.8, 4) is 5.13 Å². The van der Waals surface area contributed by atoms with Crippen LogP contribution in [0.15, 0.2) is 73.8 Å². The van der Waals surface area contributed by atoms with Gasteiger partial charge in [0.2, 0.25) is 5.13 Å². The third-order valence-corrected chi connectivity index (χ3v) is 5.50. The lowest BCUT2D eigenvalue weighted by Gasteiger charge is -1.98. The Morgan fingerprint density at radius 3 is 2.26 bits per heavy atom. The van der Waals surface area contributed by atoms with Crippen molar-refractivity contribution in [3.63, 3.8) is 0 Å². The van der Waals surface area contributed by atoms with Crippen LogP contribution < -0.4 is 5.56 Å². The highest BCUT2D eigenvalue weighted by atomic mass is 32.1. The molecule has 31 heavy (non-hydrogen) atoms. The maximum absolute atomic E-state index is 12.9. The second kappa shape index (κ2) is 8.57. The molecule has 0 aliphatic carbocycles. The number of hydrogen-bond donors (Lipinski definition) is 1. The van der Waals surface area contributed by atoms with Crippen molar-refractivity contribution in [2.45, 2.75) is 27.7 Å². The Labute approximate surface area is 183 Å². The molecule has 1 N–H and O–H groups in total. The lowest BCUT2D eigenvalue weighted by Crippen LogP contribution is -2.13. The SMILES string of the molecule is Cc1cc(C)cc(N=Nc2c(C)[nH]n(-c3nc(C)c(N=Nc4ccccc4)s3)c2=O)c1. The Hall–Kier alpha value is -3.72. The van der Waals surface area contributed by atoms with Gasteiger partial charge >= 0.3 is 5.56 Å². The van der Waals surface area contributed by atoms with E-state index in [2.05, 4.69) is 36.6 Å². The molecule has 9 heteroatoms. The first-order valence-electron chi connectivity index (χ1n) is 9.67. The van der Waals surface area contributed by atoms with E-state index in [-0.39, 0.29) is 11.2 Å². The van der Waals surface area contributed by atoms with Crippen LogP contribution in [0.25, 0.3) is 5.13 Å². The first kappa shape index (κ1) is 20.5. The average Bonchev–Trinajstić information content (AvgIpc) is 3.24. The fraction of sp³-hybridized carbons (Fsp3) is 0.182. The van der Waals surface area contributed by atoms with Crippen LogP contribution in [0.4, 0.5) is 22.1 Å². The minimum Gasteiger partial charge on any atom is -0.291 e. The lowest BCUT2D eigenvalue weighted by atomic mass is 10.1. The quantitative estimate of drug-likeness (QED) is 0.356. The molecule has 0 aliphatic rings. The van der Waals surface area contributed by atoms with Gasteiger partial charge in [-0.1, -0.05) is 35.6 Å². The minimum atomic E-state index is -0.314. The zero-order chi connectivity index (χ0) is 22.0. The summed E-state index contributed by atoms with van der Waals surface area (Å²) in [5.74, 6) is 0. The molecule has 0 amide bonds. The second-order valence-electron chi connectivity index (χ2n) is 7.19. The zero-order valence-electron chi connectivity index (χ0n) is 17.6. The van der Waals surface area contributed by atoms with Crippen LogP contribution in [0.2, 0.25) is 0 Å². The van der Waals surface area contributed by atoms with E-state index in [1.54, 1.807) is 6.92 Å². The summed E-state index contributed by atoms with van der Waals surface area (Å²) in [4.78, 5) is 17.4. The van der Waals surface area contributed by atoms with Crippen LogP contribution in [-0.4, -0.2) is 14.8 Å². The van der Waals surface area contributed by atoms with Gasteiger partial charge in [0.15, 0.2) is 10.7 Å². The van der Waals surface area contributed by atoms with Crippen LogP contribution in [0.5, 0.6) is 0 Å². The molecular formula is C22H21N7OS. The summed E-state index contributed by atoms with van der Waals surface area (Å²) in [6.45, 7) is 7.61. The van der Waals surface area contributed by atoms with Crippen LogP contribution in [0.3, 0.4) is 0 Å². The summed E-state index contributed by atoms with van der Waals surface area (Å²) in [5.41, 5.74) is 4.87. The largest absolute Gasteiger partial charge is 0.301 e. The number of benzene rings is 2. The summed E-state index contributed by atoms with van der Waals surface area (Å²) < 4.78 is 1.37. The molecule has 2 aromatic carbocycles. The summed E-state index contributed by atoms with van der Waals surface area (Å²) in [6, 6.07) is 15.4. The molecule has 0 saturated carbocycles. The number of rotatable bonds is 5. The summed E-state index contributed by atoms with van der Waals surface area (Å²) >= 11 is 1.27. The molecule has 0 atom stereocenters. The van der Waals surface area contributed by atoms with E-state index in [0.717, 1.165) is 16.8 Å².